The molecule has 1 aromatic rings. The summed E-state index contributed by atoms with van der Waals surface area (Å²) in [5.74, 6) is 0.860. The Labute approximate surface area is 151 Å². The van der Waals surface area contributed by atoms with Crippen molar-refractivity contribution in [3.63, 3.8) is 0 Å². The maximum absolute atomic E-state index is 12.3. The average molecular weight is 349 g/mol. The number of carbonyl (C=O) groups excluding carboxylic acids is 1. The Morgan fingerprint density at radius 3 is 2.48 bits per heavy atom. The van der Waals surface area contributed by atoms with Crippen LogP contribution in [0.3, 0.4) is 0 Å². The van der Waals surface area contributed by atoms with Gasteiger partial charge in [-0.15, -0.1) is 0 Å². The Kier molecular flexibility index (Phi) is 6.33. The van der Waals surface area contributed by atoms with Gasteiger partial charge in [0.1, 0.15) is 11.4 Å². The fourth-order valence-corrected chi connectivity index (χ4v) is 3.01. The molecule has 1 aromatic carbocycles. The van der Waals surface area contributed by atoms with E-state index in [1.54, 1.807) is 12.0 Å². The van der Waals surface area contributed by atoms with Crippen molar-refractivity contribution in [3.8, 4) is 5.75 Å². The van der Waals surface area contributed by atoms with Crippen molar-refractivity contribution in [3.05, 3.63) is 29.8 Å². The molecule has 2 rings (SSSR count). The molecule has 0 spiro atoms. The molecule has 1 fully saturated rings. The van der Waals surface area contributed by atoms with Gasteiger partial charge in [-0.3, -0.25) is 0 Å². The summed E-state index contributed by atoms with van der Waals surface area (Å²) in [5, 5.41) is 0. The van der Waals surface area contributed by atoms with Gasteiger partial charge in [0.25, 0.3) is 0 Å². The van der Waals surface area contributed by atoms with Crippen molar-refractivity contribution in [1.29, 1.82) is 0 Å². The highest BCUT2D eigenvalue weighted by molar-refractivity contribution is 5.68. The van der Waals surface area contributed by atoms with E-state index in [2.05, 4.69) is 19.1 Å². The van der Waals surface area contributed by atoms with E-state index in [0.29, 0.717) is 19.7 Å². The topological polar surface area (TPSA) is 48.0 Å². The molecule has 0 bridgehead atoms. The molecular weight excluding hydrogens is 318 g/mol. The zero-order valence-corrected chi connectivity index (χ0v) is 16.1. The van der Waals surface area contributed by atoms with Gasteiger partial charge in [-0.1, -0.05) is 19.1 Å². The van der Waals surface area contributed by atoms with E-state index < -0.39 is 5.60 Å². The minimum absolute atomic E-state index is 0.249. The number of benzene rings is 1. The predicted octanol–water partition coefficient (Wildman–Crippen LogP) is 4.04. The van der Waals surface area contributed by atoms with Crippen LogP contribution in [0.2, 0.25) is 0 Å². The highest BCUT2D eigenvalue weighted by Gasteiger charge is 2.40. The van der Waals surface area contributed by atoms with Gasteiger partial charge in [0.05, 0.1) is 25.9 Å². The molecule has 0 aromatic heterocycles. The second-order valence-corrected chi connectivity index (χ2v) is 7.63. The van der Waals surface area contributed by atoms with Crippen molar-refractivity contribution in [2.24, 2.45) is 0 Å². The van der Waals surface area contributed by atoms with Gasteiger partial charge in [0, 0.05) is 6.54 Å². The third-order valence-electron chi connectivity index (χ3n) is 4.57. The summed E-state index contributed by atoms with van der Waals surface area (Å²) in [6.45, 7) is 9.71. The molecule has 1 aliphatic rings. The van der Waals surface area contributed by atoms with Crippen LogP contribution in [0.1, 0.15) is 46.1 Å². The second-order valence-electron chi connectivity index (χ2n) is 7.63. The minimum Gasteiger partial charge on any atom is -0.497 e. The van der Waals surface area contributed by atoms with E-state index in [1.165, 1.54) is 5.56 Å². The molecule has 0 aliphatic carbocycles. The first-order valence-electron chi connectivity index (χ1n) is 9.02. The van der Waals surface area contributed by atoms with Crippen molar-refractivity contribution in [2.45, 2.75) is 58.2 Å². The molecule has 0 N–H and O–H groups in total. The molecule has 1 saturated heterocycles. The SMILES string of the molecule is CCC1(OCCc2ccc(OC)cc2)CCN(C(=O)OC(C)(C)C)C1. The van der Waals surface area contributed by atoms with Gasteiger partial charge in [-0.25, -0.2) is 4.79 Å². The monoisotopic (exact) mass is 349 g/mol. The number of likely N-dealkylation sites (tertiary alicyclic amines) is 1. The van der Waals surface area contributed by atoms with Crippen molar-refractivity contribution >= 4 is 6.09 Å². The molecule has 25 heavy (non-hydrogen) atoms. The number of carbonyl (C=O) groups is 1. The number of rotatable bonds is 6. The Balaban J connectivity index is 1.85. The van der Waals surface area contributed by atoms with E-state index >= 15 is 0 Å². The van der Waals surface area contributed by atoms with Crippen LogP contribution in [0.5, 0.6) is 5.75 Å². The zero-order valence-electron chi connectivity index (χ0n) is 16.1. The minimum atomic E-state index is -0.468. The summed E-state index contributed by atoms with van der Waals surface area (Å²) in [6, 6.07) is 8.04. The Morgan fingerprint density at radius 2 is 1.92 bits per heavy atom. The van der Waals surface area contributed by atoms with Crippen LogP contribution in [-0.4, -0.2) is 49.0 Å². The second kappa shape index (κ2) is 8.09. The maximum Gasteiger partial charge on any atom is 0.410 e. The summed E-state index contributed by atoms with van der Waals surface area (Å²) in [4.78, 5) is 14.0. The van der Waals surface area contributed by atoms with Crippen LogP contribution < -0.4 is 4.74 Å². The van der Waals surface area contributed by atoms with Crippen LogP contribution in [-0.2, 0) is 15.9 Å². The first kappa shape index (κ1) is 19.6. The average Bonchev–Trinajstić information content (AvgIpc) is 2.99. The van der Waals surface area contributed by atoms with E-state index in [-0.39, 0.29) is 11.7 Å². The quantitative estimate of drug-likeness (QED) is 0.777. The normalized spacial score (nSPS) is 20.6. The molecule has 1 unspecified atom stereocenters. The lowest BCUT2D eigenvalue weighted by Gasteiger charge is -2.29. The highest BCUT2D eigenvalue weighted by atomic mass is 16.6. The van der Waals surface area contributed by atoms with E-state index in [0.717, 1.165) is 25.0 Å². The van der Waals surface area contributed by atoms with Gasteiger partial charge < -0.3 is 19.1 Å². The van der Waals surface area contributed by atoms with E-state index in [4.69, 9.17) is 14.2 Å². The fraction of sp³-hybridized carbons (Fsp3) is 0.650. The summed E-state index contributed by atoms with van der Waals surface area (Å²) < 4.78 is 16.9. The molecule has 1 atom stereocenters. The maximum atomic E-state index is 12.3. The summed E-state index contributed by atoms with van der Waals surface area (Å²) >= 11 is 0. The highest BCUT2D eigenvalue weighted by Crippen LogP contribution is 2.30. The number of hydrogen-bond donors (Lipinski definition) is 0. The lowest BCUT2D eigenvalue weighted by Crippen LogP contribution is -2.40. The number of amides is 1. The summed E-state index contributed by atoms with van der Waals surface area (Å²) in [7, 11) is 1.67. The fourth-order valence-electron chi connectivity index (χ4n) is 3.01. The van der Waals surface area contributed by atoms with Crippen LogP contribution in [0, 0.1) is 0 Å². The molecule has 1 aliphatic heterocycles. The van der Waals surface area contributed by atoms with Crippen LogP contribution >= 0.6 is 0 Å². The lowest BCUT2D eigenvalue weighted by molar-refractivity contribution is -0.0411. The smallest absolute Gasteiger partial charge is 0.410 e. The van der Waals surface area contributed by atoms with Gasteiger partial charge in [0.15, 0.2) is 0 Å². The molecule has 1 heterocycles. The molecule has 5 heteroatoms. The molecule has 1 amide bonds. The Bertz CT molecular complexity index is 564. The molecule has 0 saturated carbocycles. The van der Waals surface area contributed by atoms with Crippen LogP contribution in [0.4, 0.5) is 4.79 Å². The Morgan fingerprint density at radius 1 is 1.24 bits per heavy atom. The molecule has 5 nitrogen and oxygen atoms in total. The van der Waals surface area contributed by atoms with Gasteiger partial charge in [-0.2, -0.15) is 0 Å². The van der Waals surface area contributed by atoms with Gasteiger partial charge >= 0.3 is 6.09 Å². The number of hydrogen-bond acceptors (Lipinski definition) is 4. The van der Waals surface area contributed by atoms with Crippen molar-refractivity contribution in [2.75, 3.05) is 26.8 Å². The summed E-state index contributed by atoms with van der Waals surface area (Å²) in [6.07, 6.45) is 2.33. The third-order valence-corrected chi connectivity index (χ3v) is 4.57. The third kappa shape index (κ3) is 5.63. The van der Waals surface area contributed by atoms with Crippen molar-refractivity contribution in [1.82, 2.24) is 4.90 Å². The number of nitrogens with zero attached hydrogens (tertiary/aromatic N) is 1. The van der Waals surface area contributed by atoms with Crippen LogP contribution in [0.25, 0.3) is 0 Å². The molecule has 140 valence electrons. The first-order chi connectivity index (χ1) is 11.8. The predicted molar refractivity (Wildman–Crippen MR) is 98.1 cm³/mol. The van der Waals surface area contributed by atoms with Gasteiger partial charge in [-0.05, 0) is 57.7 Å². The largest absolute Gasteiger partial charge is 0.497 e. The number of ether oxygens (including phenoxy) is 3. The van der Waals surface area contributed by atoms with E-state index in [1.807, 2.05) is 32.9 Å². The van der Waals surface area contributed by atoms with E-state index in [9.17, 15) is 4.79 Å². The zero-order chi connectivity index (χ0) is 18.5. The Hall–Kier alpha value is -1.75. The first-order valence-corrected chi connectivity index (χ1v) is 9.02. The molecular formula is C20H31NO4. The molecule has 0 radical (unpaired) electrons. The number of methoxy groups -OCH3 is 1. The standard InChI is InChI=1S/C20H31NO4/c1-6-20(12-13-21(15-20)18(22)25-19(2,3)4)24-14-11-16-7-9-17(23-5)10-8-16/h7-10H,6,11-15H2,1-5H3. The lowest BCUT2D eigenvalue weighted by atomic mass is 9.99. The van der Waals surface area contributed by atoms with Gasteiger partial charge in [0.2, 0.25) is 0 Å². The van der Waals surface area contributed by atoms with Crippen molar-refractivity contribution < 1.29 is 19.0 Å². The summed E-state index contributed by atoms with van der Waals surface area (Å²) in [5.41, 5.74) is 0.488. The van der Waals surface area contributed by atoms with Crippen LogP contribution in [0.15, 0.2) is 24.3 Å².